The fourth-order valence-electron chi connectivity index (χ4n) is 1.87. The lowest BCUT2D eigenvalue weighted by Gasteiger charge is -2.21. The van der Waals surface area contributed by atoms with Gasteiger partial charge in [-0.3, -0.25) is 0 Å². The third-order valence-corrected chi connectivity index (χ3v) is 3.19. The van der Waals surface area contributed by atoms with Crippen LogP contribution in [0.25, 0.3) is 0 Å². The highest BCUT2D eigenvalue weighted by Crippen LogP contribution is 2.61. The molecule has 2 rings (SSSR count). The smallest absolute Gasteiger partial charge is 0.244 e. The van der Waals surface area contributed by atoms with Gasteiger partial charge in [-0.25, -0.2) is 9.97 Å². The van der Waals surface area contributed by atoms with Crippen molar-refractivity contribution in [3.05, 3.63) is 24.3 Å². The van der Waals surface area contributed by atoms with E-state index in [1.54, 1.807) is 0 Å². The van der Waals surface area contributed by atoms with Crippen molar-refractivity contribution in [2.45, 2.75) is 31.4 Å². The van der Waals surface area contributed by atoms with Gasteiger partial charge in [-0.05, 0) is 19.3 Å². The van der Waals surface area contributed by atoms with Crippen molar-refractivity contribution >= 4 is 0 Å². The molecule has 90 valence electrons. The average molecular weight is 241 g/mol. The van der Waals surface area contributed by atoms with Gasteiger partial charge < -0.3 is 0 Å². The molecule has 1 aromatic rings. The zero-order valence-corrected chi connectivity index (χ0v) is 8.91. The Bertz CT molecular complexity index is 432. The summed E-state index contributed by atoms with van der Waals surface area (Å²) in [5, 5.41) is 8.96. The summed E-state index contributed by atoms with van der Waals surface area (Å²) in [5.74, 6) is -0.791. The maximum atomic E-state index is 12.8. The topological polar surface area (TPSA) is 49.6 Å². The molecule has 3 nitrogen and oxygen atoms in total. The minimum Gasteiger partial charge on any atom is -0.244 e. The first kappa shape index (κ1) is 11.8. The average Bonchev–Trinajstić information content (AvgIpc) is 3.07. The number of hydrogen-bond acceptors (Lipinski definition) is 3. The molecule has 6 heteroatoms. The zero-order valence-electron chi connectivity index (χ0n) is 8.91. The van der Waals surface area contributed by atoms with Gasteiger partial charge >= 0.3 is 6.18 Å². The number of nitriles is 1. The summed E-state index contributed by atoms with van der Waals surface area (Å²) in [5.41, 5.74) is -1.21. The molecule has 0 unspecified atom stereocenters. The molecule has 0 N–H and O–H groups in total. The highest BCUT2D eigenvalue weighted by atomic mass is 19.4. The quantitative estimate of drug-likeness (QED) is 0.817. The highest BCUT2D eigenvalue weighted by molar-refractivity contribution is 5.21. The summed E-state index contributed by atoms with van der Waals surface area (Å²) in [6, 6.07) is 1.91. The van der Waals surface area contributed by atoms with E-state index in [1.807, 2.05) is 6.07 Å². The predicted molar refractivity (Wildman–Crippen MR) is 52.7 cm³/mol. The Morgan fingerprint density at radius 2 is 1.94 bits per heavy atom. The lowest BCUT2D eigenvalue weighted by molar-refractivity contribution is -0.189. The SMILES string of the molecule is N#C[C@@H](CC1(C(F)(F)F)CC1)c1cncnc1. The maximum Gasteiger partial charge on any atom is 0.394 e. The molecule has 1 saturated carbocycles. The standard InChI is InChI=1S/C11H10F3N3/c12-11(13,14)10(1-2-10)3-8(4-15)9-5-16-7-17-6-9/h5-8H,1-3H2/t8-/m1/s1. The second kappa shape index (κ2) is 3.99. The summed E-state index contributed by atoms with van der Waals surface area (Å²) in [7, 11) is 0. The van der Waals surface area contributed by atoms with Gasteiger partial charge in [-0.1, -0.05) is 0 Å². The molecular weight excluding hydrogens is 231 g/mol. The van der Waals surface area contributed by atoms with Crippen molar-refractivity contribution in [1.29, 1.82) is 5.26 Å². The number of nitrogens with zero attached hydrogens (tertiary/aromatic N) is 3. The molecule has 1 fully saturated rings. The van der Waals surface area contributed by atoms with Gasteiger partial charge in [0.25, 0.3) is 0 Å². The molecule has 0 amide bonds. The largest absolute Gasteiger partial charge is 0.394 e. The summed E-state index contributed by atoms with van der Waals surface area (Å²) >= 11 is 0. The van der Waals surface area contributed by atoms with Gasteiger partial charge in [0.05, 0.1) is 17.4 Å². The van der Waals surface area contributed by atoms with E-state index in [4.69, 9.17) is 5.26 Å². The summed E-state index contributed by atoms with van der Waals surface area (Å²) < 4.78 is 38.3. The Labute approximate surface area is 96.3 Å². The Morgan fingerprint density at radius 1 is 1.35 bits per heavy atom. The molecule has 0 saturated heterocycles. The third-order valence-electron chi connectivity index (χ3n) is 3.19. The zero-order chi connectivity index (χ0) is 12.5. The number of halogens is 3. The first-order valence-electron chi connectivity index (χ1n) is 5.20. The number of aromatic nitrogens is 2. The van der Waals surface area contributed by atoms with Crippen molar-refractivity contribution < 1.29 is 13.2 Å². The Kier molecular flexibility index (Phi) is 2.77. The van der Waals surface area contributed by atoms with Crippen LogP contribution in [-0.4, -0.2) is 16.1 Å². The van der Waals surface area contributed by atoms with Crippen LogP contribution in [0.5, 0.6) is 0 Å². The van der Waals surface area contributed by atoms with Crippen molar-refractivity contribution in [2.75, 3.05) is 0 Å². The predicted octanol–water partition coefficient (Wildman–Crippen LogP) is 2.82. The van der Waals surface area contributed by atoms with E-state index < -0.39 is 17.5 Å². The highest BCUT2D eigenvalue weighted by Gasteiger charge is 2.63. The van der Waals surface area contributed by atoms with E-state index in [9.17, 15) is 13.2 Å². The minimum absolute atomic E-state index is 0.113. The van der Waals surface area contributed by atoms with Crippen LogP contribution in [0.2, 0.25) is 0 Å². The van der Waals surface area contributed by atoms with Crippen LogP contribution in [0, 0.1) is 16.7 Å². The minimum atomic E-state index is -4.22. The van der Waals surface area contributed by atoms with Gasteiger partial charge in [-0.2, -0.15) is 18.4 Å². The van der Waals surface area contributed by atoms with E-state index in [-0.39, 0.29) is 19.3 Å². The van der Waals surface area contributed by atoms with Gasteiger partial charge in [0, 0.05) is 18.0 Å². The molecule has 0 aliphatic heterocycles. The van der Waals surface area contributed by atoms with Crippen LogP contribution in [0.4, 0.5) is 13.2 Å². The van der Waals surface area contributed by atoms with Crippen molar-refractivity contribution in [3.8, 4) is 6.07 Å². The molecule has 0 radical (unpaired) electrons. The van der Waals surface area contributed by atoms with Crippen molar-refractivity contribution in [2.24, 2.45) is 5.41 Å². The Hall–Kier alpha value is -1.64. The van der Waals surface area contributed by atoms with Crippen LogP contribution in [0.1, 0.15) is 30.7 Å². The van der Waals surface area contributed by atoms with E-state index in [1.165, 1.54) is 18.7 Å². The van der Waals surface area contributed by atoms with Crippen LogP contribution in [-0.2, 0) is 0 Å². The molecule has 1 aromatic heterocycles. The fourth-order valence-corrected chi connectivity index (χ4v) is 1.87. The van der Waals surface area contributed by atoms with E-state index in [2.05, 4.69) is 9.97 Å². The van der Waals surface area contributed by atoms with Gasteiger partial charge in [0.1, 0.15) is 6.33 Å². The lowest BCUT2D eigenvalue weighted by atomic mass is 9.88. The molecule has 1 aliphatic carbocycles. The second-order valence-electron chi connectivity index (χ2n) is 4.34. The second-order valence-corrected chi connectivity index (χ2v) is 4.34. The molecule has 0 aromatic carbocycles. The molecule has 1 atom stereocenters. The van der Waals surface area contributed by atoms with E-state index in [0.717, 1.165) is 0 Å². The first-order chi connectivity index (χ1) is 7.98. The molecular formula is C11H10F3N3. The van der Waals surface area contributed by atoms with Gasteiger partial charge in [0.2, 0.25) is 0 Å². The van der Waals surface area contributed by atoms with Crippen LogP contribution < -0.4 is 0 Å². The van der Waals surface area contributed by atoms with Crippen LogP contribution >= 0.6 is 0 Å². The number of alkyl halides is 3. The Morgan fingerprint density at radius 3 is 2.35 bits per heavy atom. The van der Waals surface area contributed by atoms with E-state index in [0.29, 0.717) is 5.56 Å². The van der Waals surface area contributed by atoms with Crippen LogP contribution in [0.3, 0.4) is 0 Å². The summed E-state index contributed by atoms with van der Waals surface area (Å²) in [4.78, 5) is 7.45. The van der Waals surface area contributed by atoms with Crippen molar-refractivity contribution in [3.63, 3.8) is 0 Å². The Balaban J connectivity index is 2.16. The molecule has 1 aliphatic rings. The molecule has 17 heavy (non-hydrogen) atoms. The van der Waals surface area contributed by atoms with E-state index >= 15 is 0 Å². The normalized spacial score (nSPS) is 19.4. The molecule has 0 spiro atoms. The molecule has 1 heterocycles. The van der Waals surface area contributed by atoms with Crippen molar-refractivity contribution in [1.82, 2.24) is 9.97 Å². The maximum absolute atomic E-state index is 12.8. The molecule has 0 bridgehead atoms. The van der Waals surface area contributed by atoms with Gasteiger partial charge in [-0.15, -0.1) is 0 Å². The monoisotopic (exact) mass is 241 g/mol. The number of rotatable bonds is 3. The summed E-state index contributed by atoms with van der Waals surface area (Å²) in [6.07, 6.45) is -0.113. The fraction of sp³-hybridized carbons (Fsp3) is 0.545. The van der Waals surface area contributed by atoms with Gasteiger partial charge in [0.15, 0.2) is 0 Å². The van der Waals surface area contributed by atoms with Crippen LogP contribution in [0.15, 0.2) is 18.7 Å². The number of hydrogen-bond donors (Lipinski definition) is 0. The lowest BCUT2D eigenvalue weighted by Crippen LogP contribution is -2.26. The third kappa shape index (κ3) is 2.23. The first-order valence-corrected chi connectivity index (χ1v) is 5.20. The summed E-state index contributed by atoms with van der Waals surface area (Å²) in [6.45, 7) is 0.